The largest absolute Gasteiger partial charge is 0.494 e. The molecular formula is C12H13NO2. The molecule has 78 valence electrons. The highest BCUT2D eigenvalue weighted by Gasteiger charge is 1.99. The fourth-order valence-electron chi connectivity index (χ4n) is 1.49. The molecule has 0 saturated carbocycles. The summed E-state index contributed by atoms with van der Waals surface area (Å²) < 4.78 is 5.38. The number of aromatic nitrogens is 1. The third-order valence-electron chi connectivity index (χ3n) is 2.21. The maximum atomic E-state index is 8.97. The maximum absolute atomic E-state index is 8.97. The Bertz CT molecular complexity index is 468. The number of ether oxygens (including phenoxy) is 1. The lowest BCUT2D eigenvalue weighted by molar-refractivity contribution is 0.281. The van der Waals surface area contributed by atoms with Crippen molar-refractivity contribution in [2.45, 2.75) is 13.5 Å². The smallest absolute Gasteiger partial charge is 0.121 e. The van der Waals surface area contributed by atoms with Crippen LogP contribution in [0.25, 0.3) is 10.9 Å². The summed E-state index contributed by atoms with van der Waals surface area (Å²) >= 11 is 0. The van der Waals surface area contributed by atoms with Gasteiger partial charge in [-0.05, 0) is 30.7 Å². The van der Waals surface area contributed by atoms with E-state index in [1.165, 1.54) is 0 Å². The van der Waals surface area contributed by atoms with Crippen molar-refractivity contribution in [1.82, 2.24) is 4.98 Å². The third-order valence-corrected chi connectivity index (χ3v) is 2.21. The van der Waals surface area contributed by atoms with Gasteiger partial charge in [0.25, 0.3) is 0 Å². The van der Waals surface area contributed by atoms with Gasteiger partial charge in [-0.3, -0.25) is 4.98 Å². The van der Waals surface area contributed by atoms with Gasteiger partial charge in [0.05, 0.1) is 18.7 Å². The fourth-order valence-corrected chi connectivity index (χ4v) is 1.49. The summed E-state index contributed by atoms with van der Waals surface area (Å²) in [7, 11) is 0. The second-order valence-electron chi connectivity index (χ2n) is 3.29. The van der Waals surface area contributed by atoms with Crippen LogP contribution >= 0.6 is 0 Å². The van der Waals surface area contributed by atoms with Crippen LogP contribution in [0, 0.1) is 0 Å². The van der Waals surface area contributed by atoms with Crippen molar-refractivity contribution < 1.29 is 9.84 Å². The molecule has 1 aromatic heterocycles. The van der Waals surface area contributed by atoms with Gasteiger partial charge in [0.2, 0.25) is 0 Å². The van der Waals surface area contributed by atoms with Crippen molar-refractivity contribution in [3.05, 3.63) is 36.0 Å². The fraction of sp³-hybridized carbons (Fsp3) is 0.250. The van der Waals surface area contributed by atoms with Crippen LogP contribution < -0.4 is 4.74 Å². The van der Waals surface area contributed by atoms with Crippen molar-refractivity contribution in [2.75, 3.05) is 6.61 Å². The molecule has 15 heavy (non-hydrogen) atoms. The van der Waals surface area contributed by atoms with E-state index in [4.69, 9.17) is 9.84 Å². The van der Waals surface area contributed by atoms with Gasteiger partial charge in [-0.25, -0.2) is 0 Å². The standard InChI is InChI=1S/C12H13NO2/c1-2-15-11-4-3-10-5-9(8-14)7-13-12(10)6-11/h3-7,14H,2,8H2,1H3. The van der Waals surface area contributed by atoms with E-state index < -0.39 is 0 Å². The predicted octanol–water partition coefficient (Wildman–Crippen LogP) is 2.13. The van der Waals surface area contributed by atoms with Gasteiger partial charge in [-0.2, -0.15) is 0 Å². The van der Waals surface area contributed by atoms with Crippen molar-refractivity contribution in [3.63, 3.8) is 0 Å². The molecule has 1 heterocycles. The minimum Gasteiger partial charge on any atom is -0.494 e. The molecule has 0 saturated heterocycles. The number of hydrogen-bond donors (Lipinski definition) is 1. The van der Waals surface area contributed by atoms with E-state index in [1.807, 2.05) is 31.2 Å². The number of fused-ring (bicyclic) bond motifs is 1. The van der Waals surface area contributed by atoms with Crippen LogP contribution in [0.5, 0.6) is 5.75 Å². The van der Waals surface area contributed by atoms with Crippen LogP contribution in [0.1, 0.15) is 12.5 Å². The van der Waals surface area contributed by atoms with Crippen molar-refractivity contribution in [1.29, 1.82) is 0 Å². The zero-order valence-corrected chi connectivity index (χ0v) is 8.60. The molecular weight excluding hydrogens is 190 g/mol. The number of nitrogens with zero attached hydrogens (tertiary/aromatic N) is 1. The average Bonchev–Trinajstić information content (AvgIpc) is 2.29. The van der Waals surface area contributed by atoms with E-state index in [9.17, 15) is 0 Å². The van der Waals surface area contributed by atoms with Gasteiger partial charge >= 0.3 is 0 Å². The summed E-state index contributed by atoms with van der Waals surface area (Å²) in [5.74, 6) is 0.828. The number of hydrogen-bond acceptors (Lipinski definition) is 3. The van der Waals surface area contributed by atoms with E-state index in [1.54, 1.807) is 6.20 Å². The van der Waals surface area contributed by atoms with Gasteiger partial charge in [0.1, 0.15) is 5.75 Å². The van der Waals surface area contributed by atoms with Crippen molar-refractivity contribution in [3.8, 4) is 5.75 Å². The monoisotopic (exact) mass is 203 g/mol. The van der Waals surface area contributed by atoms with E-state index in [0.717, 1.165) is 22.2 Å². The number of aliphatic hydroxyl groups excluding tert-OH is 1. The molecule has 3 nitrogen and oxygen atoms in total. The van der Waals surface area contributed by atoms with Gasteiger partial charge in [0, 0.05) is 17.6 Å². The second-order valence-corrected chi connectivity index (χ2v) is 3.29. The minimum atomic E-state index is 0.0240. The number of rotatable bonds is 3. The molecule has 0 aliphatic heterocycles. The van der Waals surface area contributed by atoms with Crippen molar-refractivity contribution >= 4 is 10.9 Å². The molecule has 3 heteroatoms. The molecule has 2 aromatic rings. The third kappa shape index (κ3) is 2.07. The van der Waals surface area contributed by atoms with Crippen molar-refractivity contribution in [2.24, 2.45) is 0 Å². The second kappa shape index (κ2) is 4.28. The Morgan fingerprint density at radius 1 is 1.33 bits per heavy atom. The van der Waals surface area contributed by atoms with Crippen LogP contribution in [-0.4, -0.2) is 16.7 Å². The number of aliphatic hydroxyl groups is 1. The molecule has 0 spiro atoms. The van der Waals surface area contributed by atoms with Crippen LogP contribution in [-0.2, 0) is 6.61 Å². The van der Waals surface area contributed by atoms with E-state index >= 15 is 0 Å². The van der Waals surface area contributed by atoms with Gasteiger partial charge in [-0.15, -0.1) is 0 Å². The van der Waals surface area contributed by atoms with E-state index in [0.29, 0.717) is 6.61 Å². The Labute approximate surface area is 88.3 Å². The molecule has 0 aliphatic rings. The summed E-state index contributed by atoms with van der Waals surface area (Å²) in [6.45, 7) is 2.63. The summed E-state index contributed by atoms with van der Waals surface area (Å²) in [5, 5.41) is 9.99. The average molecular weight is 203 g/mol. The zero-order chi connectivity index (χ0) is 10.7. The highest BCUT2D eigenvalue weighted by Crippen LogP contribution is 2.19. The molecule has 2 rings (SSSR count). The maximum Gasteiger partial charge on any atom is 0.121 e. The summed E-state index contributed by atoms with van der Waals surface area (Å²) in [4.78, 5) is 4.25. The van der Waals surface area contributed by atoms with Crippen LogP contribution in [0.15, 0.2) is 30.5 Å². The minimum absolute atomic E-state index is 0.0240. The molecule has 0 aliphatic carbocycles. The first-order valence-corrected chi connectivity index (χ1v) is 4.96. The summed E-state index contributed by atoms with van der Waals surface area (Å²) in [6.07, 6.45) is 1.68. The summed E-state index contributed by atoms with van der Waals surface area (Å²) in [6, 6.07) is 7.69. The number of benzene rings is 1. The molecule has 0 fully saturated rings. The first kappa shape index (κ1) is 9.93. The lowest BCUT2D eigenvalue weighted by atomic mass is 10.1. The quantitative estimate of drug-likeness (QED) is 0.830. The Hall–Kier alpha value is -1.61. The Kier molecular flexibility index (Phi) is 2.83. The first-order chi connectivity index (χ1) is 7.33. The van der Waals surface area contributed by atoms with Crippen LogP contribution in [0.4, 0.5) is 0 Å². The molecule has 0 radical (unpaired) electrons. The Morgan fingerprint density at radius 3 is 2.93 bits per heavy atom. The number of pyridine rings is 1. The SMILES string of the molecule is CCOc1ccc2cc(CO)cnc2c1. The molecule has 0 atom stereocenters. The van der Waals surface area contributed by atoms with E-state index in [2.05, 4.69) is 4.98 Å². The highest BCUT2D eigenvalue weighted by atomic mass is 16.5. The highest BCUT2D eigenvalue weighted by molar-refractivity contribution is 5.80. The molecule has 0 bridgehead atoms. The van der Waals surface area contributed by atoms with Crippen LogP contribution in [0.2, 0.25) is 0 Å². The van der Waals surface area contributed by atoms with Gasteiger partial charge in [-0.1, -0.05) is 0 Å². The first-order valence-electron chi connectivity index (χ1n) is 4.96. The normalized spacial score (nSPS) is 10.5. The topological polar surface area (TPSA) is 42.4 Å². The van der Waals surface area contributed by atoms with Crippen LogP contribution in [0.3, 0.4) is 0 Å². The lowest BCUT2D eigenvalue weighted by Crippen LogP contribution is -1.92. The van der Waals surface area contributed by atoms with Gasteiger partial charge < -0.3 is 9.84 Å². The summed E-state index contributed by atoms with van der Waals surface area (Å²) in [5.41, 5.74) is 1.71. The lowest BCUT2D eigenvalue weighted by Gasteiger charge is -2.04. The van der Waals surface area contributed by atoms with E-state index in [-0.39, 0.29) is 6.61 Å². The Morgan fingerprint density at radius 2 is 2.20 bits per heavy atom. The molecule has 1 N–H and O–H groups in total. The van der Waals surface area contributed by atoms with Gasteiger partial charge in [0.15, 0.2) is 0 Å². The predicted molar refractivity (Wildman–Crippen MR) is 58.8 cm³/mol. The molecule has 1 aromatic carbocycles. The molecule has 0 amide bonds. The Balaban J connectivity index is 2.45. The zero-order valence-electron chi connectivity index (χ0n) is 8.60. The molecule has 0 unspecified atom stereocenters.